The van der Waals surface area contributed by atoms with Crippen LogP contribution < -0.4 is 5.73 Å². The number of nitrogens with two attached hydrogens (primary N) is 1. The number of rotatable bonds is 2. The number of benzene rings is 1. The maximum absolute atomic E-state index is 9.66. The summed E-state index contributed by atoms with van der Waals surface area (Å²) in [5.41, 5.74) is 9.26. The van der Waals surface area contributed by atoms with Gasteiger partial charge in [0, 0.05) is 17.7 Å². The Morgan fingerprint density at radius 2 is 2.04 bits per heavy atom. The second kappa shape index (κ2) is 5.80. The number of para-hydroxylation sites is 1. The van der Waals surface area contributed by atoms with Gasteiger partial charge in [-0.25, -0.2) is 0 Å². The van der Waals surface area contributed by atoms with Gasteiger partial charge in [0.15, 0.2) is 0 Å². The number of nitriles is 1. The largest absolute Gasteiger partial charge is 0.384 e. The maximum Gasteiger partial charge on any atom is 0.127 e. The molecule has 0 aliphatic carbocycles. The predicted molar refractivity (Wildman–Crippen MR) is 92.9 cm³/mol. The summed E-state index contributed by atoms with van der Waals surface area (Å²) < 4.78 is 8.42. The Bertz CT molecular complexity index is 851. The maximum atomic E-state index is 9.66. The van der Waals surface area contributed by atoms with Crippen LogP contribution in [0.15, 0.2) is 30.3 Å². The number of hydrogen-bond acceptors (Lipinski definition) is 4. The molecule has 1 aromatic carbocycles. The van der Waals surface area contributed by atoms with E-state index in [4.69, 9.17) is 22.7 Å². The minimum Gasteiger partial charge on any atom is -0.384 e. The third-order valence-electron chi connectivity index (χ3n) is 4.61. The Labute approximate surface area is 141 Å². The second-order valence-corrected chi connectivity index (χ2v) is 6.46. The number of nitrogens with zero attached hydrogens (tertiary/aromatic N) is 2. The van der Waals surface area contributed by atoms with Gasteiger partial charge in [0.25, 0.3) is 0 Å². The SMILES string of the molecule is CC[C@]1(C)Cc2c(C#N)c(N)n(-c3ccccc3)c(=S)c2CO1. The highest BCUT2D eigenvalue weighted by molar-refractivity contribution is 7.71. The average Bonchev–Trinajstić information content (AvgIpc) is 2.56. The second-order valence-electron chi connectivity index (χ2n) is 6.07. The fourth-order valence-corrected chi connectivity index (χ4v) is 3.38. The summed E-state index contributed by atoms with van der Waals surface area (Å²) in [6.45, 7) is 4.57. The van der Waals surface area contributed by atoms with E-state index in [1.807, 2.05) is 30.3 Å². The van der Waals surface area contributed by atoms with Gasteiger partial charge in [0.1, 0.15) is 16.5 Å². The molecule has 3 rings (SSSR count). The third-order valence-corrected chi connectivity index (χ3v) is 5.04. The van der Waals surface area contributed by atoms with Crippen LogP contribution in [0.1, 0.15) is 37.0 Å². The van der Waals surface area contributed by atoms with Gasteiger partial charge in [-0.2, -0.15) is 5.26 Å². The van der Waals surface area contributed by atoms with Crippen molar-refractivity contribution in [2.24, 2.45) is 0 Å². The van der Waals surface area contributed by atoms with Crippen LogP contribution in [0, 0.1) is 16.0 Å². The number of nitrogen functional groups attached to an aromatic ring is 1. The summed E-state index contributed by atoms with van der Waals surface area (Å²) in [5, 5.41) is 9.66. The van der Waals surface area contributed by atoms with Crippen molar-refractivity contribution in [2.75, 3.05) is 5.73 Å². The molecule has 4 nitrogen and oxygen atoms in total. The van der Waals surface area contributed by atoms with Gasteiger partial charge in [0.05, 0.1) is 17.8 Å². The number of aromatic nitrogens is 1. The minimum absolute atomic E-state index is 0.272. The number of ether oxygens (including phenoxy) is 1. The van der Waals surface area contributed by atoms with E-state index in [9.17, 15) is 5.26 Å². The molecule has 0 saturated heterocycles. The zero-order valence-corrected chi connectivity index (χ0v) is 14.1. The molecule has 2 N–H and O–H groups in total. The molecule has 1 atom stereocenters. The third kappa shape index (κ3) is 2.54. The van der Waals surface area contributed by atoms with Gasteiger partial charge in [-0.3, -0.25) is 4.57 Å². The van der Waals surface area contributed by atoms with Gasteiger partial charge in [0.2, 0.25) is 0 Å². The fourth-order valence-electron chi connectivity index (χ4n) is 2.99. The monoisotopic (exact) mass is 325 g/mol. The van der Waals surface area contributed by atoms with Crippen molar-refractivity contribution in [3.8, 4) is 11.8 Å². The summed E-state index contributed by atoms with van der Waals surface area (Å²) in [6, 6.07) is 11.9. The lowest BCUT2D eigenvalue weighted by Gasteiger charge is -2.35. The van der Waals surface area contributed by atoms with Crippen molar-refractivity contribution in [2.45, 2.75) is 38.9 Å². The van der Waals surface area contributed by atoms with E-state index >= 15 is 0 Å². The average molecular weight is 325 g/mol. The molecule has 118 valence electrons. The molecule has 0 radical (unpaired) electrons. The van der Waals surface area contributed by atoms with Crippen molar-refractivity contribution >= 4 is 18.0 Å². The van der Waals surface area contributed by atoms with Crippen molar-refractivity contribution in [3.63, 3.8) is 0 Å². The first-order chi connectivity index (χ1) is 11.0. The topological polar surface area (TPSA) is 64.0 Å². The number of hydrogen-bond donors (Lipinski definition) is 1. The smallest absolute Gasteiger partial charge is 0.127 e. The van der Waals surface area contributed by atoms with E-state index in [0.717, 1.165) is 23.2 Å². The van der Waals surface area contributed by atoms with Crippen LogP contribution >= 0.6 is 12.2 Å². The first kappa shape index (κ1) is 15.7. The molecule has 1 aliphatic rings. The van der Waals surface area contributed by atoms with Gasteiger partial charge in [-0.1, -0.05) is 37.3 Å². The van der Waals surface area contributed by atoms with Crippen LogP contribution in [-0.2, 0) is 17.8 Å². The van der Waals surface area contributed by atoms with Gasteiger partial charge >= 0.3 is 0 Å². The summed E-state index contributed by atoms with van der Waals surface area (Å²) in [6.07, 6.45) is 1.53. The van der Waals surface area contributed by atoms with Crippen LogP contribution in [0.25, 0.3) is 5.69 Å². The highest BCUT2D eigenvalue weighted by Crippen LogP contribution is 2.36. The molecule has 5 heteroatoms. The molecule has 23 heavy (non-hydrogen) atoms. The molecule has 0 amide bonds. The van der Waals surface area contributed by atoms with Crippen LogP contribution in [0.4, 0.5) is 5.82 Å². The van der Waals surface area contributed by atoms with Crippen molar-refractivity contribution < 1.29 is 4.74 Å². The molecule has 0 saturated carbocycles. The number of pyridine rings is 1. The van der Waals surface area contributed by atoms with Gasteiger partial charge < -0.3 is 10.5 Å². The summed E-state index contributed by atoms with van der Waals surface area (Å²) in [4.78, 5) is 0. The van der Waals surface area contributed by atoms with Crippen LogP contribution in [0.5, 0.6) is 0 Å². The Morgan fingerprint density at radius 1 is 1.35 bits per heavy atom. The lowest BCUT2D eigenvalue weighted by atomic mass is 9.86. The van der Waals surface area contributed by atoms with Crippen molar-refractivity contribution in [1.29, 1.82) is 5.26 Å². The van der Waals surface area contributed by atoms with E-state index in [-0.39, 0.29) is 5.60 Å². The Balaban J connectivity index is 2.29. The molecule has 1 aromatic heterocycles. The van der Waals surface area contributed by atoms with Crippen LogP contribution in [-0.4, -0.2) is 10.2 Å². The van der Waals surface area contributed by atoms with Crippen LogP contribution in [0.3, 0.4) is 0 Å². The van der Waals surface area contributed by atoms with E-state index in [2.05, 4.69) is 19.9 Å². The Morgan fingerprint density at radius 3 is 2.65 bits per heavy atom. The number of anilines is 1. The first-order valence-electron chi connectivity index (χ1n) is 7.66. The molecule has 0 fully saturated rings. The summed E-state index contributed by atoms with van der Waals surface area (Å²) in [7, 11) is 0. The molecule has 1 aliphatic heterocycles. The van der Waals surface area contributed by atoms with E-state index in [1.165, 1.54) is 0 Å². The van der Waals surface area contributed by atoms with Crippen LogP contribution in [0.2, 0.25) is 0 Å². The molecular weight excluding hydrogens is 306 g/mol. The highest BCUT2D eigenvalue weighted by atomic mass is 32.1. The highest BCUT2D eigenvalue weighted by Gasteiger charge is 2.33. The van der Waals surface area contributed by atoms with E-state index in [1.54, 1.807) is 4.57 Å². The minimum atomic E-state index is -0.272. The first-order valence-corrected chi connectivity index (χ1v) is 8.07. The van der Waals surface area contributed by atoms with Gasteiger partial charge in [-0.05, 0) is 31.0 Å². The Kier molecular flexibility index (Phi) is 3.97. The Hall–Kier alpha value is -2.16. The predicted octanol–water partition coefficient (Wildman–Crippen LogP) is 3.90. The molecular formula is C18H19N3OS. The summed E-state index contributed by atoms with van der Waals surface area (Å²) >= 11 is 5.66. The van der Waals surface area contributed by atoms with E-state index in [0.29, 0.717) is 29.0 Å². The molecule has 0 unspecified atom stereocenters. The van der Waals surface area contributed by atoms with Gasteiger partial charge in [-0.15, -0.1) is 0 Å². The van der Waals surface area contributed by atoms with E-state index < -0.39 is 0 Å². The fraction of sp³-hybridized carbons (Fsp3) is 0.333. The molecule has 0 bridgehead atoms. The lowest BCUT2D eigenvalue weighted by molar-refractivity contribution is -0.0568. The standard InChI is InChI=1S/C18H19N3OS/c1-3-18(2)9-13-14(10-19)16(20)21(12-7-5-4-6-8-12)17(23)15(13)11-22-18/h4-8H,3,9,11,20H2,1-2H3/t18-/m1/s1. The van der Waals surface area contributed by atoms with Crippen molar-refractivity contribution in [3.05, 3.63) is 51.7 Å². The lowest BCUT2D eigenvalue weighted by Crippen LogP contribution is -2.36. The molecule has 2 heterocycles. The zero-order chi connectivity index (χ0) is 16.6. The summed E-state index contributed by atoms with van der Waals surface area (Å²) in [5.74, 6) is 0.405. The molecule has 2 aromatic rings. The van der Waals surface area contributed by atoms with Crippen molar-refractivity contribution in [1.82, 2.24) is 4.57 Å². The normalized spacial score (nSPS) is 19.9. The quantitative estimate of drug-likeness (QED) is 0.851. The number of fused-ring (bicyclic) bond motifs is 1. The molecule has 0 spiro atoms. The zero-order valence-electron chi connectivity index (χ0n) is 13.3.